The number of hydrogen-bond acceptors (Lipinski definition) is 4. The topological polar surface area (TPSA) is 46.6 Å². The molecule has 0 bridgehead atoms. The van der Waals surface area contributed by atoms with Crippen molar-refractivity contribution >= 4 is 23.2 Å². The molecule has 0 fully saturated rings. The molecule has 1 aliphatic carbocycles. The fourth-order valence-electron chi connectivity index (χ4n) is 2.57. The van der Waals surface area contributed by atoms with Crippen LogP contribution < -0.4 is 0 Å². The van der Waals surface area contributed by atoms with E-state index in [4.69, 9.17) is 4.74 Å². The maximum atomic E-state index is 12.7. The van der Waals surface area contributed by atoms with Gasteiger partial charge in [0.25, 0.3) is 5.91 Å². The monoisotopic (exact) mass is 309 g/mol. The zero-order chi connectivity index (χ0) is 15.4. The fraction of sp³-hybridized carbons (Fsp3) is 0.625. The summed E-state index contributed by atoms with van der Waals surface area (Å²) >= 11 is 1.59. The van der Waals surface area contributed by atoms with Crippen LogP contribution in [-0.2, 0) is 22.4 Å². The number of aryl methyl sites for hydroxylation is 2. The van der Waals surface area contributed by atoms with Crippen LogP contribution in [0.15, 0.2) is 6.07 Å². The number of carbonyl (C=O) groups is 2. The van der Waals surface area contributed by atoms with Gasteiger partial charge in [0.1, 0.15) is 6.54 Å². The summed E-state index contributed by atoms with van der Waals surface area (Å²) < 4.78 is 4.96. The van der Waals surface area contributed by atoms with Crippen LogP contribution in [0.25, 0.3) is 0 Å². The normalized spacial score (nSPS) is 13.9. The van der Waals surface area contributed by atoms with Crippen molar-refractivity contribution in [3.05, 3.63) is 21.4 Å². The van der Waals surface area contributed by atoms with E-state index >= 15 is 0 Å². The van der Waals surface area contributed by atoms with Gasteiger partial charge in [0.2, 0.25) is 0 Å². The lowest BCUT2D eigenvalue weighted by Crippen LogP contribution is -2.41. The molecule has 0 unspecified atom stereocenters. The zero-order valence-electron chi connectivity index (χ0n) is 13.0. The van der Waals surface area contributed by atoms with Crippen molar-refractivity contribution in [2.75, 3.05) is 13.2 Å². The average molecular weight is 309 g/mol. The number of carbonyl (C=O) groups excluding carboxylic acids is 2. The quantitative estimate of drug-likeness (QED) is 0.785. The van der Waals surface area contributed by atoms with Gasteiger partial charge in [0.15, 0.2) is 0 Å². The van der Waals surface area contributed by atoms with E-state index in [1.54, 1.807) is 23.2 Å². The first kappa shape index (κ1) is 16.0. The second-order valence-electron chi connectivity index (χ2n) is 5.60. The Kier molecular flexibility index (Phi) is 5.39. The zero-order valence-corrected chi connectivity index (χ0v) is 13.8. The molecule has 1 aliphatic rings. The maximum absolute atomic E-state index is 12.7. The van der Waals surface area contributed by atoms with Crippen LogP contribution in [0.4, 0.5) is 0 Å². The van der Waals surface area contributed by atoms with Crippen LogP contribution in [-0.4, -0.2) is 36.0 Å². The number of nitrogens with zero attached hydrogens (tertiary/aromatic N) is 1. The lowest BCUT2D eigenvalue weighted by Gasteiger charge is -2.25. The van der Waals surface area contributed by atoms with Crippen LogP contribution in [0.2, 0.25) is 0 Å². The Hall–Kier alpha value is -1.36. The average Bonchev–Trinajstić information content (AvgIpc) is 2.88. The predicted octanol–water partition coefficient (Wildman–Crippen LogP) is 3.04. The molecule has 4 nitrogen and oxygen atoms in total. The summed E-state index contributed by atoms with van der Waals surface area (Å²) in [6.45, 7) is 5.97. The molecule has 1 aromatic heterocycles. The highest BCUT2D eigenvalue weighted by molar-refractivity contribution is 7.14. The van der Waals surface area contributed by atoms with Gasteiger partial charge in [-0.2, -0.15) is 0 Å². The van der Waals surface area contributed by atoms with Gasteiger partial charge in [-0.25, -0.2) is 0 Å². The van der Waals surface area contributed by atoms with Crippen molar-refractivity contribution in [3.63, 3.8) is 0 Å². The summed E-state index contributed by atoms with van der Waals surface area (Å²) in [5.74, 6) is -0.404. The van der Waals surface area contributed by atoms with E-state index in [9.17, 15) is 9.59 Å². The summed E-state index contributed by atoms with van der Waals surface area (Å²) in [6.07, 6.45) is 4.55. The number of thiophene rings is 1. The van der Waals surface area contributed by atoms with E-state index in [1.807, 2.05) is 19.9 Å². The molecule has 2 rings (SSSR count). The van der Waals surface area contributed by atoms with Gasteiger partial charge in [-0.1, -0.05) is 0 Å². The molecule has 116 valence electrons. The van der Waals surface area contributed by atoms with E-state index in [0.29, 0.717) is 6.61 Å². The van der Waals surface area contributed by atoms with Gasteiger partial charge in [0.05, 0.1) is 11.5 Å². The highest BCUT2D eigenvalue weighted by Crippen LogP contribution is 2.30. The largest absolute Gasteiger partial charge is 0.465 e. The smallest absolute Gasteiger partial charge is 0.325 e. The molecule has 0 radical (unpaired) electrons. The second-order valence-corrected chi connectivity index (χ2v) is 6.73. The third kappa shape index (κ3) is 3.84. The Morgan fingerprint density at radius 3 is 2.67 bits per heavy atom. The van der Waals surface area contributed by atoms with Gasteiger partial charge < -0.3 is 9.64 Å². The van der Waals surface area contributed by atoms with Gasteiger partial charge in [0, 0.05) is 10.9 Å². The molecule has 0 atom stereocenters. The Labute approximate surface area is 130 Å². The summed E-state index contributed by atoms with van der Waals surface area (Å²) in [7, 11) is 0. The number of esters is 1. The van der Waals surface area contributed by atoms with Gasteiger partial charge in [-0.05, 0) is 58.1 Å². The summed E-state index contributed by atoms with van der Waals surface area (Å²) in [6, 6.07) is 1.99. The standard InChI is InChI=1S/C16H23NO3S/c1-4-20-15(18)10-17(11(2)3)16(19)14-9-12-7-5-6-8-13(12)21-14/h9,11H,4-8,10H2,1-3H3. The Bertz CT molecular complexity index is 498. The van der Waals surface area contributed by atoms with Gasteiger partial charge in [-0.3, -0.25) is 9.59 Å². The minimum atomic E-state index is -0.346. The Balaban J connectivity index is 2.14. The minimum Gasteiger partial charge on any atom is -0.465 e. The van der Waals surface area contributed by atoms with Crippen LogP contribution in [0.5, 0.6) is 0 Å². The highest BCUT2D eigenvalue weighted by atomic mass is 32.1. The first-order valence-corrected chi connectivity index (χ1v) is 8.42. The second kappa shape index (κ2) is 7.07. The molecule has 0 saturated carbocycles. The van der Waals surface area contributed by atoms with Crippen molar-refractivity contribution in [3.8, 4) is 0 Å². The van der Waals surface area contributed by atoms with Crippen LogP contribution >= 0.6 is 11.3 Å². The molecule has 0 spiro atoms. The molecule has 0 N–H and O–H groups in total. The van der Waals surface area contributed by atoms with E-state index in [1.165, 1.54) is 23.3 Å². The number of hydrogen-bond donors (Lipinski definition) is 0. The number of amides is 1. The Morgan fingerprint density at radius 2 is 2.05 bits per heavy atom. The third-order valence-electron chi connectivity index (χ3n) is 3.70. The van der Waals surface area contributed by atoms with Crippen molar-refractivity contribution in [2.45, 2.75) is 52.5 Å². The van der Waals surface area contributed by atoms with Gasteiger partial charge >= 0.3 is 5.97 Å². The van der Waals surface area contributed by atoms with Crippen LogP contribution in [0.3, 0.4) is 0 Å². The molecule has 21 heavy (non-hydrogen) atoms. The number of ether oxygens (including phenoxy) is 1. The lowest BCUT2D eigenvalue weighted by atomic mass is 9.99. The fourth-order valence-corrected chi connectivity index (χ4v) is 3.78. The summed E-state index contributed by atoms with van der Waals surface area (Å²) in [4.78, 5) is 28.0. The lowest BCUT2D eigenvalue weighted by molar-refractivity contribution is -0.144. The SMILES string of the molecule is CCOC(=O)CN(C(=O)c1cc2c(s1)CCCC2)C(C)C. The van der Waals surface area contributed by atoms with E-state index in [-0.39, 0.29) is 24.5 Å². The van der Waals surface area contributed by atoms with Crippen LogP contribution in [0, 0.1) is 0 Å². The van der Waals surface area contributed by atoms with Crippen molar-refractivity contribution in [1.82, 2.24) is 4.90 Å². The molecule has 0 aliphatic heterocycles. The van der Waals surface area contributed by atoms with Crippen molar-refractivity contribution < 1.29 is 14.3 Å². The number of rotatable bonds is 5. The first-order valence-electron chi connectivity index (χ1n) is 7.61. The highest BCUT2D eigenvalue weighted by Gasteiger charge is 2.25. The minimum absolute atomic E-state index is 0.0207. The number of fused-ring (bicyclic) bond motifs is 1. The Morgan fingerprint density at radius 1 is 1.33 bits per heavy atom. The summed E-state index contributed by atoms with van der Waals surface area (Å²) in [5.41, 5.74) is 1.31. The maximum Gasteiger partial charge on any atom is 0.325 e. The molecular weight excluding hydrogens is 286 g/mol. The molecular formula is C16H23NO3S. The van der Waals surface area contributed by atoms with Crippen LogP contribution in [0.1, 0.15) is 53.7 Å². The first-order chi connectivity index (χ1) is 10.0. The van der Waals surface area contributed by atoms with E-state index < -0.39 is 0 Å². The molecule has 0 aromatic carbocycles. The molecule has 5 heteroatoms. The molecule has 1 aromatic rings. The van der Waals surface area contributed by atoms with Gasteiger partial charge in [-0.15, -0.1) is 11.3 Å². The molecule has 0 saturated heterocycles. The molecule has 1 amide bonds. The third-order valence-corrected chi connectivity index (χ3v) is 4.92. The van der Waals surface area contributed by atoms with Crippen molar-refractivity contribution in [1.29, 1.82) is 0 Å². The molecule has 1 heterocycles. The van der Waals surface area contributed by atoms with Crippen molar-refractivity contribution in [2.24, 2.45) is 0 Å². The van der Waals surface area contributed by atoms with E-state index in [0.717, 1.165) is 17.7 Å². The summed E-state index contributed by atoms with van der Waals surface area (Å²) in [5, 5.41) is 0. The predicted molar refractivity (Wildman–Crippen MR) is 83.8 cm³/mol. The van der Waals surface area contributed by atoms with E-state index in [2.05, 4.69) is 0 Å².